The molecule has 140 valence electrons. The summed E-state index contributed by atoms with van der Waals surface area (Å²) in [7, 11) is 0. The molecule has 0 N–H and O–H groups in total. The van der Waals surface area contributed by atoms with E-state index in [0.29, 0.717) is 0 Å². The van der Waals surface area contributed by atoms with Crippen LogP contribution in [0.4, 0.5) is 5.95 Å². The first-order valence-electron chi connectivity index (χ1n) is 9.62. The summed E-state index contributed by atoms with van der Waals surface area (Å²) in [5.74, 6) is 2.36. The van der Waals surface area contributed by atoms with Crippen molar-refractivity contribution < 1.29 is 0 Å². The fourth-order valence-corrected chi connectivity index (χ4v) is 3.64. The van der Waals surface area contributed by atoms with Gasteiger partial charge >= 0.3 is 0 Å². The lowest BCUT2D eigenvalue weighted by Gasteiger charge is -2.26. The predicted molar refractivity (Wildman–Crippen MR) is 108 cm³/mol. The molecule has 1 aliphatic heterocycles. The number of aromatic nitrogens is 6. The van der Waals surface area contributed by atoms with E-state index in [1.165, 1.54) is 19.3 Å². The average Bonchev–Trinajstić information content (AvgIpc) is 3.15. The first kappa shape index (κ1) is 16.8. The highest BCUT2D eigenvalue weighted by atomic mass is 15.2. The fourth-order valence-electron chi connectivity index (χ4n) is 3.64. The number of pyridine rings is 2. The van der Waals surface area contributed by atoms with Crippen LogP contribution >= 0.6 is 0 Å². The van der Waals surface area contributed by atoms with Crippen molar-refractivity contribution in [2.24, 2.45) is 0 Å². The molecule has 0 spiro atoms. The van der Waals surface area contributed by atoms with Crippen LogP contribution in [-0.4, -0.2) is 42.6 Å². The standard InChI is InChI=1S/C21H21N7/c1-15-5-6-19(23-11-15)28-18-14-22-8-7-17(18)26-20(28)16-12-24-21(25-13-16)27-9-3-2-4-10-27/h5-8,11-14H,2-4,9-10H2,1H3. The minimum absolute atomic E-state index is 0.768. The summed E-state index contributed by atoms with van der Waals surface area (Å²) in [4.78, 5) is 25.2. The van der Waals surface area contributed by atoms with E-state index < -0.39 is 0 Å². The van der Waals surface area contributed by atoms with Crippen LogP contribution in [0.5, 0.6) is 0 Å². The van der Waals surface area contributed by atoms with E-state index in [1.54, 1.807) is 6.20 Å². The van der Waals surface area contributed by atoms with Crippen molar-refractivity contribution in [1.29, 1.82) is 0 Å². The van der Waals surface area contributed by atoms with Crippen molar-refractivity contribution in [3.63, 3.8) is 0 Å². The number of hydrogen-bond donors (Lipinski definition) is 0. The van der Waals surface area contributed by atoms with Gasteiger partial charge in [0.2, 0.25) is 5.95 Å². The molecule has 5 rings (SSSR count). The molecule has 0 unspecified atom stereocenters. The summed E-state index contributed by atoms with van der Waals surface area (Å²) in [6.07, 6.45) is 12.8. The van der Waals surface area contributed by atoms with E-state index in [4.69, 9.17) is 4.98 Å². The molecule has 0 radical (unpaired) electrons. The highest BCUT2D eigenvalue weighted by molar-refractivity contribution is 5.81. The predicted octanol–water partition coefficient (Wildman–Crippen LogP) is 3.57. The van der Waals surface area contributed by atoms with Gasteiger partial charge in [-0.25, -0.2) is 19.9 Å². The van der Waals surface area contributed by atoms with E-state index in [1.807, 2.05) is 54.5 Å². The Morgan fingerprint density at radius 3 is 2.43 bits per heavy atom. The molecule has 7 heteroatoms. The van der Waals surface area contributed by atoms with Crippen molar-refractivity contribution in [3.05, 3.63) is 54.7 Å². The van der Waals surface area contributed by atoms with Gasteiger partial charge in [0.15, 0.2) is 0 Å². The quantitative estimate of drug-likeness (QED) is 0.548. The fraction of sp³-hybridized carbons (Fsp3) is 0.286. The SMILES string of the molecule is Cc1ccc(-n2c(-c3cnc(N4CCCCC4)nc3)nc3ccncc32)nc1. The van der Waals surface area contributed by atoms with Crippen LogP contribution in [0.2, 0.25) is 0 Å². The van der Waals surface area contributed by atoms with Crippen LogP contribution in [0.25, 0.3) is 28.2 Å². The normalized spacial score (nSPS) is 14.5. The van der Waals surface area contributed by atoms with Crippen LogP contribution in [0.1, 0.15) is 24.8 Å². The van der Waals surface area contributed by atoms with Crippen LogP contribution in [0.15, 0.2) is 49.2 Å². The first-order valence-corrected chi connectivity index (χ1v) is 9.62. The van der Waals surface area contributed by atoms with Crippen molar-refractivity contribution in [2.45, 2.75) is 26.2 Å². The van der Waals surface area contributed by atoms with Crippen molar-refractivity contribution in [3.8, 4) is 17.2 Å². The Kier molecular flexibility index (Phi) is 4.20. The van der Waals surface area contributed by atoms with Gasteiger partial charge in [-0.3, -0.25) is 9.55 Å². The topological polar surface area (TPSA) is 72.6 Å². The zero-order valence-corrected chi connectivity index (χ0v) is 15.8. The first-order chi connectivity index (χ1) is 13.8. The highest BCUT2D eigenvalue weighted by Gasteiger charge is 2.18. The third-order valence-electron chi connectivity index (χ3n) is 5.12. The van der Waals surface area contributed by atoms with E-state index in [9.17, 15) is 0 Å². The summed E-state index contributed by atoms with van der Waals surface area (Å²) in [6, 6.07) is 5.95. The summed E-state index contributed by atoms with van der Waals surface area (Å²) in [5.41, 5.74) is 3.75. The van der Waals surface area contributed by atoms with Gasteiger partial charge in [-0.1, -0.05) is 6.07 Å². The number of piperidine rings is 1. The summed E-state index contributed by atoms with van der Waals surface area (Å²) >= 11 is 0. The van der Waals surface area contributed by atoms with Crippen molar-refractivity contribution in [1.82, 2.24) is 29.5 Å². The maximum Gasteiger partial charge on any atom is 0.225 e. The molecule has 4 aromatic heterocycles. The van der Waals surface area contributed by atoms with E-state index in [0.717, 1.165) is 52.8 Å². The Hall–Kier alpha value is -3.35. The maximum absolute atomic E-state index is 4.81. The lowest BCUT2D eigenvalue weighted by molar-refractivity contribution is 0.568. The summed E-state index contributed by atoms with van der Waals surface area (Å²) in [5, 5.41) is 0. The Bertz CT molecular complexity index is 1090. The number of aryl methyl sites for hydroxylation is 1. The molecule has 5 heterocycles. The molecule has 0 bridgehead atoms. The molecule has 0 atom stereocenters. The number of imidazole rings is 1. The van der Waals surface area contributed by atoms with E-state index >= 15 is 0 Å². The number of rotatable bonds is 3. The lowest BCUT2D eigenvalue weighted by Crippen LogP contribution is -2.30. The van der Waals surface area contributed by atoms with Gasteiger partial charge in [0.05, 0.1) is 22.8 Å². The minimum atomic E-state index is 0.768. The molecule has 0 amide bonds. The van der Waals surface area contributed by atoms with Crippen LogP contribution in [0.3, 0.4) is 0 Å². The molecule has 0 aromatic carbocycles. The summed E-state index contributed by atoms with van der Waals surface area (Å²) < 4.78 is 2.01. The van der Waals surface area contributed by atoms with Gasteiger partial charge in [0.1, 0.15) is 11.6 Å². The van der Waals surface area contributed by atoms with E-state index in [2.05, 4.69) is 24.8 Å². The van der Waals surface area contributed by atoms with Crippen LogP contribution in [0, 0.1) is 6.92 Å². The smallest absolute Gasteiger partial charge is 0.225 e. The molecule has 7 nitrogen and oxygen atoms in total. The highest BCUT2D eigenvalue weighted by Crippen LogP contribution is 2.27. The molecule has 28 heavy (non-hydrogen) atoms. The van der Waals surface area contributed by atoms with Gasteiger partial charge in [0, 0.05) is 37.9 Å². The monoisotopic (exact) mass is 371 g/mol. The lowest BCUT2D eigenvalue weighted by atomic mass is 10.1. The molecular formula is C21H21N7. The molecule has 4 aromatic rings. The molecule has 1 aliphatic rings. The molecular weight excluding hydrogens is 350 g/mol. The van der Waals surface area contributed by atoms with Gasteiger partial charge in [-0.15, -0.1) is 0 Å². The van der Waals surface area contributed by atoms with Gasteiger partial charge in [0.25, 0.3) is 0 Å². The Labute approximate surface area is 163 Å². The maximum atomic E-state index is 4.81. The number of fused-ring (bicyclic) bond motifs is 1. The Morgan fingerprint density at radius 1 is 0.857 bits per heavy atom. The number of hydrogen-bond acceptors (Lipinski definition) is 6. The number of anilines is 1. The second-order valence-corrected chi connectivity index (χ2v) is 7.15. The summed E-state index contributed by atoms with van der Waals surface area (Å²) in [6.45, 7) is 4.08. The third kappa shape index (κ3) is 2.98. The Morgan fingerprint density at radius 2 is 1.68 bits per heavy atom. The second kappa shape index (κ2) is 6.99. The zero-order chi connectivity index (χ0) is 18.9. The molecule has 0 aliphatic carbocycles. The minimum Gasteiger partial charge on any atom is -0.341 e. The van der Waals surface area contributed by atoms with Crippen molar-refractivity contribution in [2.75, 3.05) is 18.0 Å². The number of nitrogens with zero attached hydrogens (tertiary/aromatic N) is 7. The van der Waals surface area contributed by atoms with Gasteiger partial charge < -0.3 is 4.90 Å². The van der Waals surface area contributed by atoms with Gasteiger partial charge in [-0.05, 0) is 43.9 Å². The van der Waals surface area contributed by atoms with Gasteiger partial charge in [-0.2, -0.15) is 0 Å². The van der Waals surface area contributed by atoms with E-state index in [-0.39, 0.29) is 0 Å². The second-order valence-electron chi connectivity index (χ2n) is 7.15. The molecule has 1 fully saturated rings. The average molecular weight is 371 g/mol. The third-order valence-corrected chi connectivity index (χ3v) is 5.12. The molecule has 0 saturated carbocycles. The molecule has 1 saturated heterocycles. The largest absolute Gasteiger partial charge is 0.341 e. The van der Waals surface area contributed by atoms with Crippen molar-refractivity contribution >= 4 is 17.0 Å². The van der Waals surface area contributed by atoms with Crippen LogP contribution in [-0.2, 0) is 0 Å². The Balaban J connectivity index is 1.60. The van der Waals surface area contributed by atoms with Crippen LogP contribution < -0.4 is 4.90 Å². The zero-order valence-electron chi connectivity index (χ0n) is 15.8.